The van der Waals surface area contributed by atoms with Gasteiger partial charge in [-0.1, -0.05) is 17.7 Å². The first-order valence-corrected chi connectivity index (χ1v) is 19.2. The molecule has 2 aliphatic heterocycles. The highest BCUT2D eigenvalue weighted by molar-refractivity contribution is 7.91. The van der Waals surface area contributed by atoms with E-state index in [-0.39, 0.29) is 35.4 Å². The molecule has 0 amide bonds. The molecule has 3 heterocycles. The number of esters is 1. The molecule has 262 valence electrons. The molecule has 49 heavy (non-hydrogen) atoms. The smallest absolute Gasteiger partial charge is 0.337 e. The van der Waals surface area contributed by atoms with Crippen LogP contribution in [-0.4, -0.2) is 81.8 Å². The third kappa shape index (κ3) is 6.92. The van der Waals surface area contributed by atoms with Crippen LogP contribution in [-0.2, 0) is 35.9 Å². The molecule has 2 aliphatic carbocycles. The van der Waals surface area contributed by atoms with Crippen LogP contribution in [0.25, 0.3) is 0 Å². The van der Waals surface area contributed by atoms with E-state index < -0.39 is 15.1 Å². The molecule has 12 heteroatoms. The minimum Gasteiger partial charge on any atom is -0.490 e. The lowest BCUT2D eigenvalue weighted by Gasteiger charge is -2.47. The van der Waals surface area contributed by atoms with E-state index in [2.05, 4.69) is 27.0 Å². The van der Waals surface area contributed by atoms with E-state index in [4.69, 9.17) is 30.5 Å². The Balaban J connectivity index is 1.08. The van der Waals surface area contributed by atoms with E-state index in [1.165, 1.54) is 30.6 Å². The molecule has 7 rings (SSSR count). The third-order valence-electron chi connectivity index (χ3n) is 11.0. The van der Waals surface area contributed by atoms with Gasteiger partial charge in [-0.3, -0.25) is 0 Å². The first-order valence-electron chi connectivity index (χ1n) is 17.3. The second-order valence-corrected chi connectivity index (χ2v) is 16.8. The number of carbonyl (C=O) groups is 1. The number of hydrogen-bond acceptors (Lipinski definition) is 10. The van der Waals surface area contributed by atoms with Crippen molar-refractivity contribution in [3.8, 4) is 5.75 Å². The second-order valence-electron chi connectivity index (χ2n) is 14.1. The van der Waals surface area contributed by atoms with Crippen molar-refractivity contribution in [3.63, 3.8) is 0 Å². The number of methoxy groups -OCH3 is 1. The second kappa shape index (κ2) is 14.2. The van der Waals surface area contributed by atoms with Crippen molar-refractivity contribution in [2.75, 3.05) is 44.9 Å². The standard InChI is InChI=1S/C37H44ClN3O7S/c1-24(49(43,44)36-39-14-4-15-40-36)21-47-29-12-16-46-34(19-29)30-9-6-27(30)20-41-22-37(13-3-5-25-17-28(38)8-10-31(25)37)23-48-33-11-7-26(18-32(33)41)35(42)45-2/h4,7-8,10-11,14-15,17-18,24,27,29-30,34H,3,5-6,9,12-13,16,19-23H2,1-2H3/t24-,27-,29+,30+,34-,37-/m0/s1. The Kier molecular flexibility index (Phi) is 9.89. The number of fused-ring (bicyclic) bond motifs is 3. The SMILES string of the molecule is COC(=O)c1ccc2c(c1)N(C[C@@H]1CC[C@H]1[C@@H]1C[C@H](OC[C@H](C)S(=O)(=O)c3ncccn3)CCO1)C[C@@]1(CCCc3cc(Cl)ccc31)CO2. The molecule has 1 aromatic heterocycles. The average Bonchev–Trinajstić information content (AvgIpc) is 3.25. The number of nitrogens with zero attached hydrogens (tertiary/aromatic N) is 3. The largest absolute Gasteiger partial charge is 0.490 e. The number of carbonyl (C=O) groups excluding carboxylic acids is 1. The van der Waals surface area contributed by atoms with E-state index in [0.717, 1.165) is 74.5 Å². The van der Waals surface area contributed by atoms with Crippen molar-refractivity contribution in [2.24, 2.45) is 11.8 Å². The topological polar surface area (TPSA) is 117 Å². The van der Waals surface area contributed by atoms with Gasteiger partial charge in [-0.2, -0.15) is 0 Å². The van der Waals surface area contributed by atoms with Crippen LogP contribution in [0.2, 0.25) is 5.02 Å². The van der Waals surface area contributed by atoms with E-state index in [1.807, 2.05) is 18.2 Å². The zero-order valence-corrected chi connectivity index (χ0v) is 29.6. The van der Waals surface area contributed by atoms with E-state index in [9.17, 15) is 13.2 Å². The molecule has 6 atom stereocenters. The molecule has 2 fully saturated rings. The molecular formula is C37H44ClN3O7S. The number of sulfone groups is 1. The van der Waals surface area contributed by atoms with Crippen molar-refractivity contribution in [1.82, 2.24) is 9.97 Å². The summed E-state index contributed by atoms with van der Waals surface area (Å²) in [6, 6.07) is 13.4. The molecule has 1 spiro atoms. The lowest BCUT2D eigenvalue weighted by atomic mass is 9.67. The summed E-state index contributed by atoms with van der Waals surface area (Å²) < 4.78 is 50.2. The summed E-state index contributed by atoms with van der Waals surface area (Å²) in [6.07, 6.45) is 9.44. The molecule has 1 saturated carbocycles. The fourth-order valence-electron chi connectivity index (χ4n) is 8.17. The number of halogens is 1. The zero-order valence-electron chi connectivity index (χ0n) is 28.1. The van der Waals surface area contributed by atoms with Crippen LogP contribution in [0.1, 0.15) is 66.9 Å². The summed E-state index contributed by atoms with van der Waals surface area (Å²) in [4.78, 5) is 22.9. The average molecular weight is 710 g/mol. The molecule has 1 saturated heterocycles. The van der Waals surface area contributed by atoms with Gasteiger partial charge in [0, 0.05) is 48.9 Å². The molecular weight excluding hydrogens is 666 g/mol. The molecule has 4 aliphatic rings. The number of aryl methyl sites for hydroxylation is 1. The predicted octanol–water partition coefficient (Wildman–Crippen LogP) is 5.84. The van der Waals surface area contributed by atoms with Crippen molar-refractivity contribution < 1.29 is 32.2 Å². The van der Waals surface area contributed by atoms with Gasteiger partial charge >= 0.3 is 5.97 Å². The van der Waals surface area contributed by atoms with E-state index in [1.54, 1.807) is 19.1 Å². The summed E-state index contributed by atoms with van der Waals surface area (Å²) >= 11 is 6.44. The van der Waals surface area contributed by atoms with Gasteiger partial charge in [0.05, 0.1) is 49.0 Å². The zero-order chi connectivity index (χ0) is 34.2. The predicted molar refractivity (Wildman–Crippen MR) is 185 cm³/mol. The molecule has 0 unspecified atom stereocenters. The lowest BCUT2D eigenvalue weighted by Crippen LogP contribution is -2.51. The summed E-state index contributed by atoms with van der Waals surface area (Å²) in [6.45, 7) is 4.41. The fourth-order valence-corrected chi connectivity index (χ4v) is 9.40. The van der Waals surface area contributed by atoms with E-state index in [0.29, 0.717) is 30.6 Å². The molecule has 0 N–H and O–H groups in total. The number of benzene rings is 2. The Labute approximate surface area is 293 Å². The fraction of sp³-hybridized carbons (Fsp3) is 0.541. The number of hydrogen-bond donors (Lipinski definition) is 0. The Morgan fingerprint density at radius 1 is 1.14 bits per heavy atom. The highest BCUT2D eigenvalue weighted by atomic mass is 35.5. The number of anilines is 1. The summed E-state index contributed by atoms with van der Waals surface area (Å²) in [7, 11) is -2.29. The monoisotopic (exact) mass is 709 g/mol. The Morgan fingerprint density at radius 2 is 1.98 bits per heavy atom. The summed E-state index contributed by atoms with van der Waals surface area (Å²) in [5, 5.41) is -0.183. The lowest BCUT2D eigenvalue weighted by molar-refractivity contribution is -0.116. The molecule has 0 bridgehead atoms. The maximum atomic E-state index is 13.0. The number of rotatable bonds is 9. The number of ether oxygens (including phenoxy) is 4. The molecule has 0 radical (unpaired) electrons. The van der Waals surface area contributed by atoms with Gasteiger partial charge < -0.3 is 23.8 Å². The summed E-state index contributed by atoms with van der Waals surface area (Å²) in [5.74, 6) is 1.11. The third-order valence-corrected chi connectivity index (χ3v) is 13.2. The van der Waals surface area contributed by atoms with Gasteiger partial charge in [0.1, 0.15) is 5.75 Å². The normalized spacial score (nSPS) is 27.2. The Morgan fingerprint density at radius 3 is 2.76 bits per heavy atom. The van der Waals surface area contributed by atoms with Gasteiger partial charge in [0.15, 0.2) is 0 Å². The first kappa shape index (κ1) is 34.2. The van der Waals surface area contributed by atoms with E-state index >= 15 is 0 Å². The van der Waals surface area contributed by atoms with Crippen LogP contribution in [0.4, 0.5) is 5.69 Å². The highest BCUT2D eigenvalue weighted by Gasteiger charge is 2.45. The van der Waals surface area contributed by atoms with Gasteiger partial charge in [-0.15, -0.1) is 0 Å². The van der Waals surface area contributed by atoms with Crippen molar-refractivity contribution in [2.45, 2.75) is 79.9 Å². The molecule has 2 aromatic carbocycles. The van der Waals surface area contributed by atoms with Gasteiger partial charge in [0.2, 0.25) is 15.0 Å². The van der Waals surface area contributed by atoms with Crippen LogP contribution < -0.4 is 9.64 Å². The maximum absolute atomic E-state index is 13.0. The van der Waals surface area contributed by atoms with Crippen molar-refractivity contribution >= 4 is 33.1 Å². The van der Waals surface area contributed by atoms with Gasteiger partial charge in [-0.25, -0.2) is 23.2 Å². The maximum Gasteiger partial charge on any atom is 0.337 e. The van der Waals surface area contributed by atoms with Crippen LogP contribution in [0.15, 0.2) is 60.0 Å². The van der Waals surface area contributed by atoms with Crippen LogP contribution in [0.5, 0.6) is 5.75 Å². The van der Waals surface area contributed by atoms with Crippen LogP contribution >= 0.6 is 11.6 Å². The van der Waals surface area contributed by atoms with Crippen LogP contribution in [0.3, 0.4) is 0 Å². The molecule has 10 nitrogen and oxygen atoms in total. The molecule has 3 aromatic rings. The Hall–Kier alpha value is -3.25. The summed E-state index contributed by atoms with van der Waals surface area (Å²) in [5.41, 5.74) is 3.77. The highest BCUT2D eigenvalue weighted by Crippen LogP contribution is 2.47. The first-order chi connectivity index (χ1) is 23.7. The quantitative estimate of drug-likeness (QED) is 0.198. The van der Waals surface area contributed by atoms with Gasteiger partial charge in [-0.05, 0) is 105 Å². The van der Waals surface area contributed by atoms with Gasteiger partial charge in [0.25, 0.3) is 0 Å². The Bertz CT molecular complexity index is 1780. The number of aromatic nitrogens is 2. The minimum atomic E-state index is -3.69. The van der Waals surface area contributed by atoms with Crippen molar-refractivity contribution in [1.29, 1.82) is 0 Å². The minimum absolute atomic E-state index is 0.0254. The van der Waals surface area contributed by atoms with Crippen LogP contribution in [0, 0.1) is 11.8 Å². The van der Waals surface area contributed by atoms with Crippen molar-refractivity contribution in [3.05, 3.63) is 76.6 Å².